The van der Waals surface area contributed by atoms with Gasteiger partial charge in [0.25, 0.3) is 5.91 Å². The SMILES string of the molecule is Cc1cccc(C=C2C(=N)N3N=C(C(F)(F)F)SC3=NC2=O)c1. The number of alkyl halides is 3. The predicted octanol–water partition coefficient (Wildman–Crippen LogP) is 3.18. The number of nitrogens with zero attached hydrogens (tertiary/aromatic N) is 3. The van der Waals surface area contributed by atoms with E-state index in [9.17, 15) is 18.0 Å². The zero-order valence-electron chi connectivity index (χ0n) is 11.7. The number of fused-ring (bicyclic) bond motifs is 1. The molecule has 1 N–H and O–H groups in total. The summed E-state index contributed by atoms with van der Waals surface area (Å²) < 4.78 is 38.1. The molecule has 5 nitrogen and oxygen atoms in total. The van der Waals surface area contributed by atoms with Gasteiger partial charge in [0.15, 0.2) is 5.84 Å². The van der Waals surface area contributed by atoms with E-state index in [4.69, 9.17) is 5.41 Å². The van der Waals surface area contributed by atoms with E-state index < -0.39 is 23.0 Å². The van der Waals surface area contributed by atoms with Crippen molar-refractivity contribution in [1.29, 1.82) is 5.41 Å². The third-order valence-corrected chi connectivity index (χ3v) is 4.00. The van der Waals surface area contributed by atoms with E-state index in [0.29, 0.717) is 5.56 Å². The minimum atomic E-state index is -4.64. The summed E-state index contributed by atoms with van der Waals surface area (Å²) in [6, 6.07) is 7.15. The van der Waals surface area contributed by atoms with Crippen LogP contribution < -0.4 is 0 Å². The van der Waals surface area contributed by atoms with E-state index in [1.807, 2.05) is 13.0 Å². The van der Waals surface area contributed by atoms with Crippen molar-refractivity contribution < 1.29 is 18.0 Å². The predicted molar refractivity (Wildman–Crippen MR) is 82.2 cm³/mol. The van der Waals surface area contributed by atoms with Gasteiger partial charge in [-0.05, 0) is 30.3 Å². The van der Waals surface area contributed by atoms with Gasteiger partial charge >= 0.3 is 6.18 Å². The highest BCUT2D eigenvalue weighted by Gasteiger charge is 2.46. The number of hydrogen-bond acceptors (Lipinski definition) is 4. The van der Waals surface area contributed by atoms with Crippen LogP contribution in [-0.4, -0.2) is 33.1 Å². The molecule has 1 amide bonds. The van der Waals surface area contributed by atoms with Crippen molar-refractivity contribution in [1.82, 2.24) is 5.01 Å². The molecule has 118 valence electrons. The molecule has 0 atom stereocenters. The molecule has 0 unspecified atom stereocenters. The lowest BCUT2D eigenvalue weighted by Gasteiger charge is -2.20. The van der Waals surface area contributed by atoms with Gasteiger partial charge in [0.1, 0.15) is 0 Å². The number of aryl methyl sites for hydroxylation is 1. The van der Waals surface area contributed by atoms with Crippen molar-refractivity contribution >= 4 is 39.8 Å². The fourth-order valence-corrected chi connectivity index (χ4v) is 2.79. The van der Waals surface area contributed by atoms with Gasteiger partial charge in [-0.15, -0.1) is 0 Å². The number of rotatable bonds is 1. The zero-order valence-corrected chi connectivity index (χ0v) is 12.5. The Hall–Kier alpha value is -2.42. The Kier molecular flexibility index (Phi) is 3.59. The topological polar surface area (TPSA) is 68.9 Å². The maximum Gasteiger partial charge on any atom is 0.441 e. The molecule has 2 aliphatic rings. The van der Waals surface area contributed by atoms with Crippen LogP contribution in [0.25, 0.3) is 6.08 Å². The summed E-state index contributed by atoms with van der Waals surface area (Å²) >= 11 is 0.232. The van der Waals surface area contributed by atoms with Gasteiger partial charge in [-0.1, -0.05) is 29.8 Å². The van der Waals surface area contributed by atoms with E-state index >= 15 is 0 Å². The van der Waals surface area contributed by atoms with Crippen LogP contribution in [0, 0.1) is 12.3 Å². The number of nitrogens with one attached hydrogen (secondary N) is 1. The minimum Gasteiger partial charge on any atom is -0.282 e. The molecular weight excluding hydrogens is 329 g/mol. The molecule has 2 aliphatic heterocycles. The maximum atomic E-state index is 12.7. The summed E-state index contributed by atoms with van der Waals surface area (Å²) in [4.78, 5) is 15.6. The lowest BCUT2D eigenvalue weighted by molar-refractivity contribution is -0.114. The van der Waals surface area contributed by atoms with Crippen LogP contribution in [-0.2, 0) is 4.79 Å². The highest BCUT2D eigenvalue weighted by atomic mass is 32.2. The van der Waals surface area contributed by atoms with E-state index in [1.54, 1.807) is 18.2 Å². The third-order valence-electron chi connectivity index (χ3n) is 3.05. The van der Waals surface area contributed by atoms with Gasteiger partial charge in [0, 0.05) is 0 Å². The fourth-order valence-electron chi connectivity index (χ4n) is 2.03. The van der Waals surface area contributed by atoms with Crippen LogP contribution in [0.1, 0.15) is 11.1 Å². The second-order valence-electron chi connectivity index (χ2n) is 4.84. The summed E-state index contributed by atoms with van der Waals surface area (Å²) in [5, 5.41) is 10.6. The average Bonchev–Trinajstić information content (AvgIpc) is 2.87. The number of carbonyl (C=O) groups excluding carboxylic acids is 1. The summed E-state index contributed by atoms with van der Waals surface area (Å²) in [6.07, 6.45) is -3.22. The fraction of sp³-hybridized carbons (Fsp3) is 0.143. The average molecular weight is 338 g/mol. The second kappa shape index (κ2) is 5.34. The Bertz CT molecular complexity index is 810. The van der Waals surface area contributed by atoms with Crippen LogP contribution in [0.5, 0.6) is 0 Å². The van der Waals surface area contributed by atoms with Gasteiger partial charge in [0.2, 0.25) is 10.2 Å². The summed E-state index contributed by atoms with van der Waals surface area (Å²) in [5.41, 5.74) is 1.50. The Morgan fingerprint density at radius 1 is 1.35 bits per heavy atom. The largest absolute Gasteiger partial charge is 0.441 e. The summed E-state index contributed by atoms with van der Waals surface area (Å²) in [5.74, 6) is -1.18. The van der Waals surface area contributed by atoms with Crippen molar-refractivity contribution in [2.45, 2.75) is 13.1 Å². The molecular formula is C14H9F3N4OS. The molecule has 1 aromatic rings. The zero-order chi connectivity index (χ0) is 16.8. The first-order chi connectivity index (χ1) is 10.8. The van der Waals surface area contributed by atoms with Crippen molar-refractivity contribution in [3.05, 3.63) is 41.0 Å². The molecule has 0 fully saturated rings. The molecule has 1 aromatic carbocycles. The molecule has 0 saturated heterocycles. The Morgan fingerprint density at radius 3 is 2.74 bits per heavy atom. The molecule has 3 rings (SSSR count). The maximum absolute atomic E-state index is 12.7. The van der Waals surface area contributed by atoms with E-state index in [0.717, 1.165) is 10.6 Å². The molecule has 0 radical (unpaired) electrons. The highest BCUT2D eigenvalue weighted by Crippen LogP contribution is 2.35. The number of hydrogen-bond donors (Lipinski definition) is 1. The quantitative estimate of drug-likeness (QED) is 0.800. The van der Waals surface area contributed by atoms with Gasteiger partial charge < -0.3 is 0 Å². The van der Waals surface area contributed by atoms with E-state index in [2.05, 4.69) is 10.1 Å². The molecule has 0 spiro atoms. The van der Waals surface area contributed by atoms with Gasteiger partial charge in [-0.3, -0.25) is 10.2 Å². The third kappa shape index (κ3) is 2.91. The Morgan fingerprint density at radius 2 is 2.09 bits per heavy atom. The number of carbonyl (C=O) groups is 1. The van der Waals surface area contributed by atoms with E-state index in [-0.39, 0.29) is 22.5 Å². The lowest BCUT2D eigenvalue weighted by Crippen LogP contribution is -2.35. The number of hydrazone groups is 1. The smallest absolute Gasteiger partial charge is 0.282 e. The van der Waals surface area contributed by atoms with Crippen LogP contribution in [0.4, 0.5) is 13.2 Å². The Balaban J connectivity index is 1.99. The van der Waals surface area contributed by atoms with Crippen LogP contribution in [0.2, 0.25) is 0 Å². The number of thioether (sulfide) groups is 1. The van der Waals surface area contributed by atoms with Gasteiger partial charge in [-0.25, -0.2) is 0 Å². The molecule has 0 saturated carbocycles. The van der Waals surface area contributed by atoms with E-state index in [1.165, 1.54) is 6.08 Å². The number of amidine groups is 2. The van der Waals surface area contributed by atoms with Crippen LogP contribution >= 0.6 is 11.8 Å². The summed E-state index contributed by atoms with van der Waals surface area (Å²) in [6.45, 7) is 1.86. The molecule has 23 heavy (non-hydrogen) atoms. The number of benzene rings is 1. The monoisotopic (exact) mass is 338 g/mol. The van der Waals surface area contributed by atoms with Crippen LogP contribution in [0.3, 0.4) is 0 Å². The standard InChI is InChI=1S/C14H9F3N4OS/c1-7-3-2-4-8(5-7)6-9-10(18)21-13(19-11(9)22)23-12(20-21)14(15,16)17/h2-6,18H,1H3. The number of aliphatic imine (C=N–C) groups is 1. The number of halogens is 3. The second-order valence-corrected chi connectivity index (χ2v) is 5.79. The van der Waals surface area contributed by atoms with Gasteiger partial charge in [-0.2, -0.15) is 28.3 Å². The first-order valence-corrected chi connectivity index (χ1v) is 7.21. The van der Waals surface area contributed by atoms with Crippen molar-refractivity contribution in [2.75, 3.05) is 0 Å². The van der Waals surface area contributed by atoms with Gasteiger partial charge in [0.05, 0.1) is 5.57 Å². The lowest BCUT2D eigenvalue weighted by atomic mass is 10.1. The van der Waals surface area contributed by atoms with Crippen molar-refractivity contribution in [2.24, 2.45) is 10.1 Å². The molecule has 0 aliphatic carbocycles. The molecule has 0 aromatic heterocycles. The van der Waals surface area contributed by atoms with Crippen LogP contribution in [0.15, 0.2) is 39.9 Å². The molecule has 9 heteroatoms. The van der Waals surface area contributed by atoms with Crippen molar-refractivity contribution in [3.8, 4) is 0 Å². The first kappa shape index (κ1) is 15.5. The Labute approximate surface area is 133 Å². The minimum absolute atomic E-state index is 0.105. The first-order valence-electron chi connectivity index (χ1n) is 6.40. The molecule has 0 bridgehead atoms. The summed E-state index contributed by atoms with van der Waals surface area (Å²) in [7, 11) is 0. The number of amides is 1. The molecule has 2 heterocycles. The normalized spacial score (nSPS) is 19.8. The van der Waals surface area contributed by atoms with Crippen molar-refractivity contribution in [3.63, 3.8) is 0 Å². The highest BCUT2D eigenvalue weighted by molar-refractivity contribution is 8.27.